The molecule has 1 aromatic heterocycles. The number of aryl methyl sites for hydroxylation is 2. The lowest BCUT2D eigenvalue weighted by Crippen LogP contribution is -2.04. The van der Waals surface area contributed by atoms with Crippen molar-refractivity contribution in [2.24, 2.45) is 0 Å². The third-order valence-electron chi connectivity index (χ3n) is 2.64. The molecule has 0 spiro atoms. The highest BCUT2D eigenvalue weighted by molar-refractivity contribution is 6.34. The van der Waals surface area contributed by atoms with E-state index in [1.807, 2.05) is 32.0 Å². The largest absolute Gasteiger partial charge is 0.289 e. The van der Waals surface area contributed by atoms with Crippen molar-refractivity contribution in [2.75, 3.05) is 0 Å². The number of nitrogens with zero attached hydrogens (tertiary/aromatic N) is 1. The van der Waals surface area contributed by atoms with Crippen LogP contribution in [0.25, 0.3) is 0 Å². The summed E-state index contributed by atoms with van der Waals surface area (Å²) in [5.41, 5.74) is 3.28. The van der Waals surface area contributed by atoms with Crippen LogP contribution in [-0.2, 0) is 0 Å². The van der Waals surface area contributed by atoms with Gasteiger partial charge in [-0.2, -0.15) is 0 Å². The molecule has 0 unspecified atom stereocenters. The Morgan fingerprint density at radius 3 is 2.59 bits per heavy atom. The van der Waals surface area contributed by atoms with Gasteiger partial charge < -0.3 is 0 Å². The fourth-order valence-corrected chi connectivity index (χ4v) is 1.98. The Labute approximate surface area is 105 Å². The lowest BCUT2D eigenvalue weighted by Gasteiger charge is -2.07. The van der Waals surface area contributed by atoms with Crippen LogP contribution in [0.3, 0.4) is 0 Å². The van der Waals surface area contributed by atoms with Crippen molar-refractivity contribution in [1.29, 1.82) is 0 Å². The minimum absolute atomic E-state index is 0.0603. The lowest BCUT2D eigenvalue weighted by molar-refractivity contribution is 0.103. The Morgan fingerprint density at radius 2 is 1.94 bits per heavy atom. The van der Waals surface area contributed by atoms with Gasteiger partial charge in [0.1, 0.15) is 0 Å². The Hall–Kier alpha value is -1.67. The maximum absolute atomic E-state index is 12.3. The van der Waals surface area contributed by atoms with Crippen LogP contribution in [0, 0.1) is 13.8 Å². The molecule has 0 aliphatic carbocycles. The molecule has 0 aliphatic rings. The van der Waals surface area contributed by atoms with E-state index in [9.17, 15) is 4.79 Å². The molecule has 3 heteroatoms. The van der Waals surface area contributed by atoms with Crippen LogP contribution >= 0.6 is 11.6 Å². The van der Waals surface area contributed by atoms with Crippen LogP contribution in [0.2, 0.25) is 5.02 Å². The third kappa shape index (κ3) is 2.37. The van der Waals surface area contributed by atoms with Crippen molar-refractivity contribution in [3.8, 4) is 0 Å². The zero-order valence-electron chi connectivity index (χ0n) is 9.70. The van der Waals surface area contributed by atoms with Gasteiger partial charge in [0.15, 0.2) is 5.78 Å². The number of carbonyl (C=O) groups is 1. The summed E-state index contributed by atoms with van der Waals surface area (Å²) < 4.78 is 0. The molecule has 17 heavy (non-hydrogen) atoms. The molecule has 0 bridgehead atoms. The molecule has 1 heterocycles. The van der Waals surface area contributed by atoms with Crippen molar-refractivity contribution in [3.05, 3.63) is 63.9 Å². The van der Waals surface area contributed by atoms with E-state index in [2.05, 4.69) is 4.98 Å². The summed E-state index contributed by atoms with van der Waals surface area (Å²) in [6.07, 6.45) is 3.06. The molecule has 0 saturated heterocycles. The summed E-state index contributed by atoms with van der Waals surface area (Å²) in [7, 11) is 0. The minimum Gasteiger partial charge on any atom is -0.289 e. The van der Waals surface area contributed by atoms with Gasteiger partial charge in [-0.05, 0) is 25.5 Å². The molecule has 0 radical (unpaired) electrons. The molecule has 2 nitrogen and oxygen atoms in total. The summed E-state index contributed by atoms with van der Waals surface area (Å²) in [5, 5.41) is 0.387. The molecule has 2 rings (SSSR count). The van der Waals surface area contributed by atoms with Gasteiger partial charge in [-0.25, -0.2) is 0 Å². The topological polar surface area (TPSA) is 30.0 Å². The SMILES string of the molecule is Cc1ccc(C(=O)c2ccncc2Cl)c(C)c1. The Morgan fingerprint density at radius 1 is 1.18 bits per heavy atom. The van der Waals surface area contributed by atoms with Gasteiger partial charge in [0, 0.05) is 23.5 Å². The Bertz CT molecular complexity index is 578. The van der Waals surface area contributed by atoms with E-state index >= 15 is 0 Å². The van der Waals surface area contributed by atoms with Crippen molar-refractivity contribution in [2.45, 2.75) is 13.8 Å². The Kier molecular flexibility index (Phi) is 3.25. The number of pyridine rings is 1. The van der Waals surface area contributed by atoms with Crippen LogP contribution < -0.4 is 0 Å². The molecule has 0 N–H and O–H groups in total. The number of hydrogen-bond acceptors (Lipinski definition) is 2. The quantitative estimate of drug-likeness (QED) is 0.757. The van der Waals surface area contributed by atoms with Crippen molar-refractivity contribution in [1.82, 2.24) is 4.98 Å². The number of carbonyl (C=O) groups excluding carboxylic acids is 1. The van der Waals surface area contributed by atoms with Crippen LogP contribution in [-0.4, -0.2) is 10.8 Å². The first-order chi connectivity index (χ1) is 8.09. The first-order valence-electron chi connectivity index (χ1n) is 5.31. The molecule has 1 aromatic carbocycles. The van der Waals surface area contributed by atoms with Gasteiger partial charge in [0.2, 0.25) is 0 Å². The molecule has 0 saturated carbocycles. The summed E-state index contributed by atoms with van der Waals surface area (Å²) in [4.78, 5) is 16.2. The van der Waals surface area contributed by atoms with E-state index < -0.39 is 0 Å². The highest BCUT2D eigenvalue weighted by atomic mass is 35.5. The van der Waals surface area contributed by atoms with Crippen molar-refractivity contribution >= 4 is 17.4 Å². The van der Waals surface area contributed by atoms with E-state index in [0.29, 0.717) is 16.1 Å². The molecule has 0 aliphatic heterocycles. The zero-order chi connectivity index (χ0) is 12.4. The lowest BCUT2D eigenvalue weighted by atomic mass is 9.98. The van der Waals surface area contributed by atoms with Gasteiger partial charge in [-0.3, -0.25) is 9.78 Å². The van der Waals surface area contributed by atoms with Gasteiger partial charge in [-0.1, -0.05) is 35.4 Å². The maximum Gasteiger partial charge on any atom is 0.194 e. The number of benzene rings is 1. The Balaban J connectivity index is 2.48. The summed E-state index contributed by atoms with van der Waals surface area (Å²) in [6.45, 7) is 3.93. The number of aromatic nitrogens is 1. The average Bonchev–Trinajstić information content (AvgIpc) is 2.29. The maximum atomic E-state index is 12.3. The fraction of sp³-hybridized carbons (Fsp3) is 0.143. The second-order valence-electron chi connectivity index (χ2n) is 4.00. The van der Waals surface area contributed by atoms with Crippen molar-refractivity contribution in [3.63, 3.8) is 0 Å². The van der Waals surface area contributed by atoms with E-state index in [1.165, 1.54) is 6.20 Å². The first-order valence-corrected chi connectivity index (χ1v) is 5.69. The predicted octanol–water partition coefficient (Wildman–Crippen LogP) is 3.58. The van der Waals surface area contributed by atoms with Crippen LogP contribution in [0.4, 0.5) is 0 Å². The smallest absolute Gasteiger partial charge is 0.194 e. The summed E-state index contributed by atoms with van der Waals surface area (Å²) >= 11 is 5.97. The normalized spacial score (nSPS) is 10.3. The van der Waals surface area contributed by atoms with Crippen LogP contribution in [0.5, 0.6) is 0 Å². The number of ketones is 1. The highest BCUT2D eigenvalue weighted by Gasteiger charge is 2.14. The summed E-state index contributed by atoms with van der Waals surface area (Å²) in [6, 6.07) is 7.39. The van der Waals surface area contributed by atoms with E-state index in [0.717, 1.165) is 11.1 Å². The predicted molar refractivity (Wildman–Crippen MR) is 68.6 cm³/mol. The van der Waals surface area contributed by atoms with Crippen LogP contribution in [0.15, 0.2) is 36.7 Å². The second-order valence-corrected chi connectivity index (χ2v) is 4.41. The first kappa shape index (κ1) is 11.8. The molecule has 0 atom stereocenters. The van der Waals surface area contributed by atoms with Gasteiger partial charge in [-0.15, -0.1) is 0 Å². The van der Waals surface area contributed by atoms with Crippen LogP contribution in [0.1, 0.15) is 27.0 Å². The van der Waals surface area contributed by atoms with Gasteiger partial charge >= 0.3 is 0 Å². The van der Waals surface area contributed by atoms with Gasteiger partial charge in [0.25, 0.3) is 0 Å². The van der Waals surface area contributed by atoms with E-state index in [4.69, 9.17) is 11.6 Å². The zero-order valence-corrected chi connectivity index (χ0v) is 10.5. The number of rotatable bonds is 2. The monoisotopic (exact) mass is 245 g/mol. The van der Waals surface area contributed by atoms with Gasteiger partial charge in [0.05, 0.1) is 5.02 Å². The number of halogens is 1. The van der Waals surface area contributed by atoms with E-state index in [-0.39, 0.29) is 5.78 Å². The molecule has 86 valence electrons. The molecular formula is C14H12ClNO. The number of hydrogen-bond donors (Lipinski definition) is 0. The standard InChI is InChI=1S/C14H12ClNO/c1-9-3-4-11(10(2)7-9)14(17)12-5-6-16-8-13(12)15/h3-8H,1-2H3. The minimum atomic E-state index is -0.0603. The molecule has 0 amide bonds. The van der Waals surface area contributed by atoms with Crippen molar-refractivity contribution < 1.29 is 4.79 Å². The fourth-order valence-electron chi connectivity index (χ4n) is 1.77. The molecule has 0 fully saturated rings. The average molecular weight is 246 g/mol. The molecule has 2 aromatic rings. The van der Waals surface area contributed by atoms with E-state index in [1.54, 1.807) is 12.3 Å². The second kappa shape index (κ2) is 4.68. The third-order valence-corrected chi connectivity index (χ3v) is 2.94. The molecular weight excluding hydrogens is 234 g/mol. The highest BCUT2D eigenvalue weighted by Crippen LogP contribution is 2.20. The summed E-state index contributed by atoms with van der Waals surface area (Å²) in [5.74, 6) is -0.0603.